The molecule has 30 heavy (non-hydrogen) atoms. The van der Waals surface area contributed by atoms with E-state index >= 15 is 0 Å². The molecule has 0 aliphatic carbocycles. The van der Waals surface area contributed by atoms with Gasteiger partial charge in [0.2, 0.25) is 12.0 Å². The van der Waals surface area contributed by atoms with Crippen LogP contribution in [-0.2, 0) is 20.9 Å². The molecule has 0 saturated carbocycles. The van der Waals surface area contributed by atoms with Gasteiger partial charge in [-0.25, -0.2) is 4.79 Å². The highest BCUT2D eigenvalue weighted by Gasteiger charge is 2.31. The van der Waals surface area contributed by atoms with E-state index in [1.54, 1.807) is 17.0 Å². The average molecular weight is 406 g/mol. The molecular formula is C24H26N2O4. The Morgan fingerprint density at radius 2 is 1.60 bits per heavy atom. The molecule has 2 fully saturated rings. The summed E-state index contributed by atoms with van der Waals surface area (Å²) in [7, 11) is 0. The lowest BCUT2D eigenvalue weighted by atomic mass is 10.1. The summed E-state index contributed by atoms with van der Waals surface area (Å²) in [5, 5.41) is 0. The largest absolute Gasteiger partial charge is 0.444 e. The number of rotatable bonds is 6. The molecule has 0 N–H and O–H groups in total. The van der Waals surface area contributed by atoms with Gasteiger partial charge in [0.1, 0.15) is 0 Å². The molecule has 0 aromatic heterocycles. The minimum absolute atomic E-state index is 0.170. The molecule has 6 nitrogen and oxygen atoms in total. The Balaban J connectivity index is 1.46. The zero-order valence-electron chi connectivity index (χ0n) is 17.0. The SMILES string of the molecule is O=C(O[C@H](C(=O)N1CCCC1)c1ccccc1)c1ccc(CN2CCCC2=O)cc1. The molecule has 6 heteroatoms. The summed E-state index contributed by atoms with van der Waals surface area (Å²) in [6, 6.07) is 16.2. The molecule has 4 rings (SSSR count). The van der Waals surface area contributed by atoms with E-state index in [2.05, 4.69) is 0 Å². The molecule has 2 heterocycles. The van der Waals surface area contributed by atoms with Crippen LogP contribution in [0.4, 0.5) is 0 Å². The maximum absolute atomic E-state index is 13.0. The smallest absolute Gasteiger partial charge is 0.339 e. The number of esters is 1. The molecule has 0 bridgehead atoms. The lowest BCUT2D eigenvalue weighted by molar-refractivity contribution is -0.140. The molecular weight excluding hydrogens is 380 g/mol. The zero-order chi connectivity index (χ0) is 20.9. The third-order valence-corrected chi connectivity index (χ3v) is 5.70. The van der Waals surface area contributed by atoms with Crippen molar-refractivity contribution < 1.29 is 19.1 Å². The molecule has 2 aliphatic rings. The first-order valence-electron chi connectivity index (χ1n) is 10.5. The van der Waals surface area contributed by atoms with E-state index in [4.69, 9.17) is 4.74 Å². The highest BCUT2D eigenvalue weighted by molar-refractivity contribution is 5.92. The minimum Gasteiger partial charge on any atom is -0.444 e. The van der Waals surface area contributed by atoms with Crippen molar-refractivity contribution in [2.45, 2.75) is 38.3 Å². The number of benzene rings is 2. The number of hydrogen-bond donors (Lipinski definition) is 0. The summed E-state index contributed by atoms with van der Waals surface area (Å²) in [4.78, 5) is 41.2. The van der Waals surface area contributed by atoms with Crippen molar-refractivity contribution in [3.63, 3.8) is 0 Å². The molecule has 2 aromatic carbocycles. The van der Waals surface area contributed by atoms with E-state index in [1.165, 1.54) is 0 Å². The molecule has 2 saturated heterocycles. The fourth-order valence-corrected chi connectivity index (χ4v) is 4.01. The van der Waals surface area contributed by atoms with Crippen molar-refractivity contribution in [2.24, 2.45) is 0 Å². The van der Waals surface area contributed by atoms with Crippen molar-refractivity contribution in [3.05, 3.63) is 71.3 Å². The van der Waals surface area contributed by atoms with Crippen molar-refractivity contribution in [1.29, 1.82) is 0 Å². The molecule has 1 atom stereocenters. The van der Waals surface area contributed by atoms with E-state index in [0.29, 0.717) is 37.2 Å². The number of carbonyl (C=O) groups excluding carboxylic acids is 3. The minimum atomic E-state index is -0.946. The van der Waals surface area contributed by atoms with Gasteiger partial charge in [0.15, 0.2) is 0 Å². The van der Waals surface area contributed by atoms with Crippen LogP contribution in [0.25, 0.3) is 0 Å². The molecule has 156 valence electrons. The van der Waals surface area contributed by atoms with Crippen LogP contribution in [0.1, 0.15) is 53.3 Å². The predicted molar refractivity (Wildman–Crippen MR) is 112 cm³/mol. The van der Waals surface area contributed by atoms with Gasteiger partial charge in [0, 0.05) is 38.2 Å². The second-order valence-electron chi connectivity index (χ2n) is 7.84. The number of nitrogens with zero attached hydrogens (tertiary/aromatic N) is 2. The maximum atomic E-state index is 13.0. The average Bonchev–Trinajstić information content (AvgIpc) is 3.45. The van der Waals surface area contributed by atoms with Crippen molar-refractivity contribution in [3.8, 4) is 0 Å². The second kappa shape index (κ2) is 9.11. The van der Waals surface area contributed by atoms with E-state index < -0.39 is 12.1 Å². The number of ether oxygens (including phenoxy) is 1. The fraction of sp³-hybridized carbons (Fsp3) is 0.375. The van der Waals surface area contributed by atoms with E-state index in [1.807, 2.05) is 47.4 Å². The zero-order valence-corrected chi connectivity index (χ0v) is 17.0. The van der Waals surface area contributed by atoms with Crippen molar-refractivity contribution in [2.75, 3.05) is 19.6 Å². The Morgan fingerprint density at radius 1 is 0.900 bits per heavy atom. The van der Waals surface area contributed by atoms with Crippen LogP contribution in [-0.4, -0.2) is 47.2 Å². The topological polar surface area (TPSA) is 66.9 Å². The van der Waals surface area contributed by atoms with Crippen LogP contribution in [0.2, 0.25) is 0 Å². The van der Waals surface area contributed by atoms with E-state index in [9.17, 15) is 14.4 Å². The Labute approximate surface area is 176 Å². The van der Waals surface area contributed by atoms with Gasteiger partial charge in [0.05, 0.1) is 5.56 Å². The highest BCUT2D eigenvalue weighted by atomic mass is 16.5. The van der Waals surface area contributed by atoms with Crippen LogP contribution in [0.5, 0.6) is 0 Å². The number of carbonyl (C=O) groups is 3. The molecule has 2 aliphatic heterocycles. The monoisotopic (exact) mass is 406 g/mol. The van der Waals surface area contributed by atoms with Gasteiger partial charge in [-0.05, 0) is 37.0 Å². The number of likely N-dealkylation sites (tertiary alicyclic amines) is 2. The van der Waals surface area contributed by atoms with E-state index in [0.717, 1.165) is 31.4 Å². The van der Waals surface area contributed by atoms with Crippen LogP contribution in [0, 0.1) is 0 Å². The lowest BCUT2D eigenvalue weighted by Crippen LogP contribution is -2.34. The van der Waals surface area contributed by atoms with Crippen molar-refractivity contribution >= 4 is 17.8 Å². The Bertz CT molecular complexity index is 905. The van der Waals surface area contributed by atoms with Gasteiger partial charge in [-0.1, -0.05) is 42.5 Å². The molecule has 2 amide bonds. The van der Waals surface area contributed by atoms with Gasteiger partial charge in [-0.15, -0.1) is 0 Å². The van der Waals surface area contributed by atoms with Crippen LogP contribution in [0.3, 0.4) is 0 Å². The van der Waals surface area contributed by atoms with Gasteiger partial charge in [-0.2, -0.15) is 0 Å². The second-order valence-corrected chi connectivity index (χ2v) is 7.84. The molecule has 0 spiro atoms. The Morgan fingerprint density at radius 3 is 2.23 bits per heavy atom. The number of amides is 2. The highest BCUT2D eigenvalue weighted by Crippen LogP contribution is 2.24. The predicted octanol–water partition coefficient (Wildman–Crippen LogP) is 3.33. The normalized spacial score (nSPS) is 17.3. The van der Waals surface area contributed by atoms with Crippen LogP contribution in [0.15, 0.2) is 54.6 Å². The van der Waals surface area contributed by atoms with Gasteiger partial charge < -0.3 is 14.5 Å². The first kappa shape index (κ1) is 20.1. The molecule has 2 aromatic rings. The quantitative estimate of drug-likeness (QED) is 0.690. The third-order valence-electron chi connectivity index (χ3n) is 5.70. The fourth-order valence-electron chi connectivity index (χ4n) is 4.01. The summed E-state index contributed by atoms with van der Waals surface area (Å²) < 4.78 is 5.69. The molecule has 0 unspecified atom stereocenters. The standard InChI is InChI=1S/C24H26N2O4/c27-21-9-6-16-26(21)17-18-10-12-20(13-11-18)24(29)30-22(19-7-2-1-3-8-19)23(28)25-14-4-5-15-25/h1-3,7-8,10-13,22H,4-6,9,14-17H2/t22-/m0/s1. The van der Waals surface area contributed by atoms with Crippen LogP contribution >= 0.6 is 0 Å². The summed E-state index contributed by atoms with van der Waals surface area (Å²) >= 11 is 0. The van der Waals surface area contributed by atoms with Gasteiger partial charge in [0.25, 0.3) is 5.91 Å². The third kappa shape index (κ3) is 4.53. The first-order valence-corrected chi connectivity index (χ1v) is 10.5. The van der Waals surface area contributed by atoms with Crippen LogP contribution < -0.4 is 0 Å². The first-order chi connectivity index (χ1) is 14.6. The van der Waals surface area contributed by atoms with E-state index in [-0.39, 0.29) is 11.8 Å². The Kier molecular flexibility index (Phi) is 6.12. The number of hydrogen-bond acceptors (Lipinski definition) is 4. The molecule has 0 radical (unpaired) electrons. The lowest BCUT2D eigenvalue weighted by Gasteiger charge is -2.23. The Hall–Kier alpha value is -3.15. The summed E-state index contributed by atoms with van der Waals surface area (Å²) in [5.74, 6) is -0.527. The van der Waals surface area contributed by atoms with Crippen molar-refractivity contribution in [1.82, 2.24) is 9.80 Å². The maximum Gasteiger partial charge on any atom is 0.339 e. The summed E-state index contributed by atoms with van der Waals surface area (Å²) in [6.07, 6.45) is 2.51. The summed E-state index contributed by atoms with van der Waals surface area (Å²) in [5.41, 5.74) is 2.03. The van der Waals surface area contributed by atoms with Gasteiger partial charge >= 0.3 is 5.97 Å². The van der Waals surface area contributed by atoms with Gasteiger partial charge in [-0.3, -0.25) is 9.59 Å². The summed E-state index contributed by atoms with van der Waals surface area (Å²) in [6.45, 7) is 2.72.